The number of benzene rings is 1. The maximum atomic E-state index is 11.1. The zero-order valence-corrected chi connectivity index (χ0v) is 12.3. The molecule has 0 aromatic heterocycles. The van der Waals surface area contributed by atoms with Gasteiger partial charge in [-0.2, -0.15) is 5.26 Å². The molecule has 0 unspecified atom stereocenters. The zero-order chi connectivity index (χ0) is 10.9. The first-order valence-electron chi connectivity index (χ1n) is 3.20. The lowest BCUT2D eigenvalue weighted by atomic mass is 10.2. The Hall–Kier alpha value is 0.410. The van der Waals surface area contributed by atoms with Crippen LogP contribution in [0.25, 0.3) is 0 Å². The average molecular weight is 453 g/mol. The van der Waals surface area contributed by atoms with Gasteiger partial charge in [0.05, 0.1) is 14.0 Å². The summed E-state index contributed by atoms with van der Waals surface area (Å²) in [6.07, 6.45) is 0. The molecule has 0 spiro atoms. The first-order chi connectivity index (χ1) is 6.36. The van der Waals surface area contributed by atoms with Crippen molar-refractivity contribution in [2.45, 2.75) is 4.90 Å². The molecular weight excluding hydrogens is 451 g/mol. The van der Waals surface area contributed by atoms with E-state index in [4.69, 9.17) is 15.9 Å². The maximum absolute atomic E-state index is 11.1. The Balaban J connectivity index is 3.64. The first-order valence-corrected chi connectivity index (χ1v) is 7.66. The molecule has 0 heterocycles. The van der Waals surface area contributed by atoms with Crippen molar-refractivity contribution in [1.82, 2.24) is 0 Å². The second-order valence-electron chi connectivity index (χ2n) is 2.32. The fourth-order valence-corrected chi connectivity index (χ4v) is 4.31. The molecule has 0 N–H and O–H groups in total. The summed E-state index contributed by atoms with van der Waals surface area (Å²) in [5, 5.41) is 8.74. The van der Waals surface area contributed by atoms with E-state index in [1.54, 1.807) is 28.7 Å². The normalized spacial score (nSPS) is 11.0. The average Bonchev–Trinajstić information content (AvgIpc) is 2.06. The lowest BCUT2D eigenvalue weighted by Gasteiger charge is -2.02. The molecule has 0 radical (unpaired) electrons. The van der Waals surface area contributed by atoms with Crippen LogP contribution >= 0.6 is 55.9 Å². The summed E-state index contributed by atoms with van der Waals surface area (Å²) in [5.41, 5.74) is 0.316. The molecule has 0 fully saturated rings. The number of hydrogen-bond acceptors (Lipinski definition) is 3. The molecule has 0 aliphatic heterocycles. The van der Waals surface area contributed by atoms with E-state index >= 15 is 0 Å². The first kappa shape index (κ1) is 12.5. The van der Waals surface area contributed by atoms with Crippen molar-refractivity contribution in [2.75, 3.05) is 0 Å². The lowest BCUT2D eigenvalue weighted by Crippen LogP contribution is -1.98. The topological polar surface area (TPSA) is 57.9 Å². The fourth-order valence-electron chi connectivity index (χ4n) is 0.823. The van der Waals surface area contributed by atoms with Crippen LogP contribution in [0.15, 0.2) is 17.0 Å². The highest BCUT2D eigenvalue weighted by Gasteiger charge is 2.17. The van der Waals surface area contributed by atoms with Crippen LogP contribution in [0.1, 0.15) is 5.56 Å². The Bertz CT molecular complexity index is 521. The van der Waals surface area contributed by atoms with Crippen molar-refractivity contribution in [3.05, 3.63) is 24.8 Å². The van der Waals surface area contributed by atoms with Crippen LogP contribution in [0.5, 0.6) is 0 Å². The van der Waals surface area contributed by atoms with Gasteiger partial charge < -0.3 is 0 Å². The number of halogens is 3. The molecule has 0 amide bonds. The third kappa shape index (κ3) is 2.71. The summed E-state index contributed by atoms with van der Waals surface area (Å²) in [6.45, 7) is 0. The van der Waals surface area contributed by atoms with Gasteiger partial charge in [-0.1, -0.05) is 0 Å². The van der Waals surface area contributed by atoms with Crippen molar-refractivity contribution >= 4 is 64.9 Å². The van der Waals surface area contributed by atoms with E-state index < -0.39 is 9.05 Å². The molecule has 1 aromatic carbocycles. The Kier molecular flexibility index (Phi) is 4.02. The third-order valence-electron chi connectivity index (χ3n) is 1.39. The van der Waals surface area contributed by atoms with Gasteiger partial charge in [-0.15, -0.1) is 0 Å². The Morgan fingerprint density at radius 1 is 1.36 bits per heavy atom. The van der Waals surface area contributed by atoms with Crippen LogP contribution in [0, 0.1) is 18.5 Å². The molecule has 0 saturated carbocycles. The van der Waals surface area contributed by atoms with E-state index in [1.165, 1.54) is 6.07 Å². The second kappa shape index (κ2) is 4.51. The number of hydrogen-bond donors (Lipinski definition) is 0. The highest BCUT2D eigenvalue weighted by atomic mass is 127. The highest BCUT2D eigenvalue weighted by Crippen LogP contribution is 2.26. The third-order valence-corrected chi connectivity index (χ3v) is 4.88. The van der Waals surface area contributed by atoms with Crippen molar-refractivity contribution < 1.29 is 8.42 Å². The van der Waals surface area contributed by atoms with E-state index in [0.717, 1.165) is 0 Å². The van der Waals surface area contributed by atoms with Gasteiger partial charge in [0.2, 0.25) is 0 Å². The maximum Gasteiger partial charge on any atom is 0.262 e. The predicted molar refractivity (Wildman–Crippen MR) is 69.6 cm³/mol. The van der Waals surface area contributed by atoms with Crippen LogP contribution < -0.4 is 0 Å². The fraction of sp³-hybridized carbons (Fsp3) is 0. The van der Waals surface area contributed by atoms with Gasteiger partial charge in [0.25, 0.3) is 9.05 Å². The summed E-state index contributed by atoms with van der Waals surface area (Å²) in [7, 11) is 1.44. The Morgan fingerprint density at radius 2 is 1.93 bits per heavy atom. The van der Waals surface area contributed by atoms with Gasteiger partial charge in [0.1, 0.15) is 6.07 Å². The van der Waals surface area contributed by atoms with Crippen LogP contribution in [-0.2, 0) is 9.05 Å². The standard InChI is InChI=1S/C7H2ClI2NO2S/c8-14(12,13)6-2-5(9)1-4(3-11)7(6)10/h1-2H. The number of nitrogens with zero attached hydrogens (tertiary/aromatic N) is 1. The van der Waals surface area contributed by atoms with E-state index in [0.29, 0.717) is 12.7 Å². The number of rotatable bonds is 1. The summed E-state index contributed by atoms with van der Waals surface area (Å²) in [4.78, 5) is -0.0109. The summed E-state index contributed by atoms with van der Waals surface area (Å²) < 4.78 is 23.3. The Labute approximate surface area is 113 Å². The molecule has 0 bridgehead atoms. The SMILES string of the molecule is N#Cc1cc(I)cc(S(=O)(=O)Cl)c1I. The van der Waals surface area contributed by atoms with Crippen molar-refractivity contribution in [2.24, 2.45) is 0 Å². The minimum absolute atomic E-state index is 0.0109. The van der Waals surface area contributed by atoms with Crippen LogP contribution in [0.2, 0.25) is 0 Å². The van der Waals surface area contributed by atoms with E-state index in [9.17, 15) is 8.42 Å². The van der Waals surface area contributed by atoms with Crippen molar-refractivity contribution in [1.29, 1.82) is 5.26 Å². The van der Waals surface area contributed by atoms with Crippen LogP contribution in [0.3, 0.4) is 0 Å². The molecule has 7 heteroatoms. The van der Waals surface area contributed by atoms with E-state index in [1.807, 2.05) is 28.7 Å². The van der Waals surface area contributed by atoms with Gasteiger partial charge in [-0.3, -0.25) is 0 Å². The van der Waals surface area contributed by atoms with Gasteiger partial charge in [0, 0.05) is 14.3 Å². The van der Waals surface area contributed by atoms with E-state index in [2.05, 4.69) is 0 Å². The molecule has 0 saturated heterocycles. The van der Waals surface area contributed by atoms with Crippen molar-refractivity contribution in [3.8, 4) is 6.07 Å². The molecular formula is C7H2ClI2NO2S. The second-order valence-corrected chi connectivity index (χ2v) is 7.17. The minimum atomic E-state index is -3.78. The van der Waals surface area contributed by atoms with Crippen molar-refractivity contribution in [3.63, 3.8) is 0 Å². The summed E-state index contributed by atoms with van der Waals surface area (Å²) in [5.74, 6) is 0. The van der Waals surface area contributed by atoms with Gasteiger partial charge in [0.15, 0.2) is 0 Å². The molecule has 1 rings (SSSR count). The summed E-state index contributed by atoms with van der Waals surface area (Å²) in [6, 6.07) is 4.95. The van der Waals surface area contributed by atoms with Crippen LogP contribution in [0.4, 0.5) is 0 Å². The van der Waals surface area contributed by atoms with Gasteiger partial charge in [-0.05, 0) is 57.3 Å². The monoisotopic (exact) mass is 453 g/mol. The highest BCUT2D eigenvalue weighted by molar-refractivity contribution is 14.1. The minimum Gasteiger partial charge on any atom is -0.207 e. The zero-order valence-electron chi connectivity index (χ0n) is 6.46. The molecule has 0 aliphatic rings. The van der Waals surface area contributed by atoms with E-state index in [-0.39, 0.29) is 4.90 Å². The summed E-state index contributed by atoms with van der Waals surface area (Å²) >= 11 is 3.73. The smallest absolute Gasteiger partial charge is 0.207 e. The Morgan fingerprint density at radius 3 is 2.36 bits per heavy atom. The molecule has 3 nitrogen and oxygen atoms in total. The molecule has 0 atom stereocenters. The molecule has 74 valence electrons. The number of nitriles is 1. The van der Waals surface area contributed by atoms with Gasteiger partial charge >= 0.3 is 0 Å². The van der Waals surface area contributed by atoms with Crippen LogP contribution in [-0.4, -0.2) is 8.42 Å². The quantitative estimate of drug-likeness (QED) is 0.486. The lowest BCUT2D eigenvalue weighted by molar-refractivity contribution is 0.609. The molecule has 14 heavy (non-hydrogen) atoms. The molecule has 0 aliphatic carbocycles. The predicted octanol–water partition coefficient (Wildman–Crippen LogP) is 2.69. The largest absolute Gasteiger partial charge is 0.262 e. The van der Waals surface area contributed by atoms with Gasteiger partial charge in [-0.25, -0.2) is 8.42 Å². The molecule has 1 aromatic rings.